The zero-order chi connectivity index (χ0) is 21.6. The Morgan fingerprint density at radius 1 is 1.07 bits per heavy atom. The molecule has 1 saturated heterocycles. The van der Waals surface area contributed by atoms with Crippen LogP contribution in [-0.4, -0.2) is 49.8 Å². The van der Waals surface area contributed by atoms with Crippen LogP contribution in [0.15, 0.2) is 47.5 Å². The van der Waals surface area contributed by atoms with E-state index in [4.69, 9.17) is 0 Å². The molecule has 2 heterocycles. The van der Waals surface area contributed by atoms with Gasteiger partial charge in [-0.15, -0.1) is 0 Å². The summed E-state index contributed by atoms with van der Waals surface area (Å²) in [5.74, 6) is 0.857. The number of carbonyl (C=O) groups is 1. The Bertz CT molecular complexity index is 933. The van der Waals surface area contributed by atoms with Gasteiger partial charge in [0.25, 0.3) is 0 Å². The van der Waals surface area contributed by atoms with Crippen LogP contribution < -0.4 is 10.2 Å². The van der Waals surface area contributed by atoms with Gasteiger partial charge in [0.2, 0.25) is 15.9 Å². The first-order chi connectivity index (χ1) is 14.4. The van der Waals surface area contributed by atoms with Gasteiger partial charge < -0.3 is 10.2 Å². The lowest BCUT2D eigenvalue weighted by Crippen LogP contribution is -2.30. The summed E-state index contributed by atoms with van der Waals surface area (Å²) in [6.07, 6.45) is 4.94. The van der Waals surface area contributed by atoms with Crippen LogP contribution in [0.1, 0.15) is 38.7 Å². The molecule has 1 aromatic carbocycles. The van der Waals surface area contributed by atoms with Crippen molar-refractivity contribution in [2.45, 2.75) is 44.4 Å². The van der Waals surface area contributed by atoms with Gasteiger partial charge in [0, 0.05) is 32.6 Å². The van der Waals surface area contributed by atoms with Crippen LogP contribution >= 0.6 is 0 Å². The highest BCUT2D eigenvalue weighted by molar-refractivity contribution is 7.89. The van der Waals surface area contributed by atoms with Gasteiger partial charge in [0.1, 0.15) is 5.82 Å². The van der Waals surface area contributed by atoms with Gasteiger partial charge in [-0.1, -0.05) is 26.0 Å². The van der Waals surface area contributed by atoms with Gasteiger partial charge in [-0.25, -0.2) is 13.4 Å². The molecule has 162 valence electrons. The summed E-state index contributed by atoms with van der Waals surface area (Å²) >= 11 is 0. The Morgan fingerprint density at radius 2 is 1.73 bits per heavy atom. The third-order valence-electron chi connectivity index (χ3n) is 5.37. The number of hydrogen-bond donors (Lipinski definition) is 1. The predicted octanol–water partition coefficient (Wildman–Crippen LogP) is 3.28. The van der Waals surface area contributed by atoms with E-state index in [1.807, 2.05) is 26.0 Å². The van der Waals surface area contributed by atoms with Crippen molar-refractivity contribution in [2.75, 3.05) is 36.4 Å². The maximum atomic E-state index is 12.5. The van der Waals surface area contributed by atoms with E-state index in [1.54, 1.807) is 30.5 Å². The average molecular weight is 431 g/mol. The monoisotopic (exact) mass is 430 g/mol. The molecule has 0 saturated carbocycles. The standard InChI is InChI=1S/C22H30N4O3S/c1-3-26(4-2)30(28,29)20-11-7-18(8-12-20)9-14-22(27)24-19-10-13-21(23-17-19)25-15-5-6-16-25/h7-8,10-13,17H,3-6,9,14-16H2,1-2H3,(H,24,27). The SMILES string of the molecule is CCN(CC)S(=O)(=O)c1ccc(CCC(=O)Nc2ccc(N3CCCC3)nc2)cc1. The second-order valence-corrected chi connectivity index (χ2v) is 9.32. The molecule has 0 atom stereocenters. The lowest BCUT2D eigenvalue weighted by Gasteiger charge is -2.18. The normalized spacial score (nSPS) is 14.3. The number of anilines is 2. The molecule has 1 amide bonds. The van der Waals surface area contributed by atoms with Gasteiger partial charge in [0.15, 0.2) is 0 Å². The molecule has 0 unspecified atom stereocenters. The van der Waals surface area contributed by atoms with Crippen molar-refractivity contribution in [3.63, 3.8) is 0 Å². The highest BCUT2D eigenvalue weighted by Gasteiger charge is 2.21. The number of carbonyl (C=O) groups excluding carboxylic acids is 1. The molecule has 0 bridgehead atoms. The van der Waals surface area contributed by atoms with E-state index in [1.165, 1.54) is 17.1 Å². The van der Waals surface area contributed by atoms with E-state index in [-0.39, 0.29) is 10.8 Å². The van der Waals surface area contributed by atoms with Crippen molar-refractivity contribution in [1.29, 1.82) is 0 Å². The molecule has 0 aliphatic carbocycles. The molecule has 3 rings (SSSR count). The van der Waals surface area contributed by atoms with Gasteiger partial charge in [0.05, 0.1) is 16.8 Å². The Kier molecular flexibility index (Phi) is 7.44. The van der Waals surface area contributed by atoms with E-state index >= 15 is 0 Å². The van der Waals surface area contributed by atoms with Crippen LogP contribution in [0.3, 0.4) is 0 Å². The number of aryl methyl sites for hydroxylation is 1. The summed E-state index contributed by atoms with van der Waals surface area (Å²) in [4.78, 5) is 19.2. The van der Waals surface area contributed by atoms with E-state index < -0.39 is 10.0 Å². The van der Waals surface area contributed by atoms with Crippen LogP contribution in [0, 0.1) is 0 Å². The van der Waals surface area contributed by atoms with Gasteiger partial charge >= 0.3 is 0 Å². The van der Waals surface area contributed by atoms with Crippen molar-refractivity contribution in [1.82, 2.24) is 9.29 Å². The third-order valence-corrected chi connectivity index (χ3v) is 7.43. The topological polar surface area (TPSA) is 82.6 Å². The Labute approximate surface area is 179 Å². The summed E-state index contributed by atoms with van der Waals surface area (Å²) in [5, 5.41) is 2.87. The summed E-state index contributed by atoms with van der Waals surface area (Å²) < 4.78 is 26.5. The molecule has 0 spiro atoms. The highest BCUT2D eigenvalue weighted by atomic mass is 32.2. The summed E-state index contributed by atoms with van der Waals surface area (Å²) in [6, 6.07) is 10.6. The molecule has 7 nitrogen and oxygen atoms in total. The molecule has 1 N–H and O–H groups in total. The summed E-state index contributed by atoms with van der Waals surface area (Å²) in [6.45, 7) is 6.59. The molecule has 1 fully saturated rings. The van der Waals surface area contributed by atoms with E-state index in [0.29, 0.717) is 31.6 Å². The fraction of sp³-hybridized carbons (Fsp3) is 0.455. The third kappa shape index (κ3) is 5.37. The lowest BCUT2D eigenvalue weighted by atomic mass is 10.1. The number of rotatable bonds is 9. The minimum absolute atomic E-state index is 0.0921. The number of benzene rings is 1. The van der Waals surface area contributed by atoms with Crippen molar-refractivity contribution in [3.8, 4) is 0 Å². The fourth-order valence-corrected chi connectivity index (χ4v) is 5.07. The van der Waals surface area contributed by atoms with Crippen LogP contribution in [0.25, 0.3) is 0 Å². The van der Waals surface area contributed by atoms with Crippen molar-refractivity contribution < 1.29 is 13.2 Å². The van der Waals surface area contributed by atoms with Crippen LogP contribution in [0.5, 0.6) is 0 Å². The number of pyridine rings is 1. The number of nitrogens with one attached hydrogen (secondary N) is 1. The van der Waals surface area contributed by atoms with Gasteiger partial charge in [-0.05, 0) is 49.1 Å². The molecule has 1 aliphatic heterocycles. The second kappa shape index (κ2) is 10.0. The first-order valence-electron chi connectivity index (χ1n) is 10.5. The maximum absolute atomic E-state index is 12.5. The largest absolute Gasteiger partial charge is 0.357 e. The summed E-state index contributed by atoms with van der Waals surface area (Å²) in [5.41, 5.74) is 1.61. The van der Waals surface area contributed by atoms with E-state index in [2.05, 4.69) is 15.2 Å². The predicted molar refractivity (Wildman–Crippen MR) is 119 cm³/mol. The maximum Gasteiger partial charge on any atom is 0.243 e. The van der Waals surface area contributed by atoms with Crippen LogP contribution in [0.2, 0.25) is 0 Å². The summed E-state index contributed by atoms with van der Waals surface area (Å²) in [7, 11) is -3.46. The van der Waals surface area contributed by atoms with Crippen LogP contribution in [-0.2, 0) is 21.2 Å². The minimum Gasteiger partial charge on any atom is -0.357 e. The average Bonchev–Trinajstić information content (AvgIpc) is 3.29. The second-order valence-electron chi connectivity index (χ2n) is 7.38. The number of aromatic nitrogens is 1. The lowest BCUT2D eigenvalue weighted by molar-refractivity contribution is -0.116. The molecular formula is C22H30N4O3S. The number of amides is 1. The molecular weight excluding hydrogens is 400 g/mol. The minimum atomic E-state index is -3.46. The molecule has 30 heavy (non-hydrogen) atoms. The zero-order valence-corrected chi connectivity index (χ0v) is 18.5. The van der Waals surface area contributed by atoms with E-state index in [0.717, 1.165) is 24.5 Å². The quantitative estimate of drug-likeness (QED) is 0.660. The van der Waals surface area contributed by atoms with Crippen molar-refractivity contribution in [3.05, 3.63) is 48.2 Å². The molecule has 2 aromatic rings. The first kappa shape index (κ1) is 22.2. The Balaban J connectivity index is 1.52. The Hall–Kier alpha value is -2.45. The molecule has 0 radical (unpaired) electrons. The molecule has 1 aromatic heterocycles. The van der Waals surface area contributed by atoms with Crippen LogP contribution in [0.4, 0.5) is 11.5 Å². The highest BCUT2D eigenvalue weighted by Crippen LogP contribution is 2.20. The smallest absolute Gasteiger partial charge is 0.243 e. The van der Waals surface area contributed by atoms with Gasteiger partial charge in [-0.3, -0.25) is 4.79 Å². The Morgan fingerprint density at radius 3 is 2.30 bits per heavy atom. The van der Waals surface area contributed by atoms with Gasteiger partial charge in [-0.2, -0.15) is 4.31 Å². The molecule has 1 aliphatic rings. The van der Waals surface area contributed by atoms with E-state index in [9.17, 15) is 13.2 Å². The number of nitrogens with zero attached hydrogens (tertiary/aromatic N) is 3. The number of sulfonamides is 1. The van der Waals surface area contributed by atoms with Crippen molar-refractivity contribution in [2.24, 2.45) is 0 Å². The number of hydrogen-bond acceptors (Lipinski definition) is 5. The first-order valence-corrected chi connectivity index (χ1v) is 12.0. The fourth-order valence-electron chi connectivity index (χ4n) is 3.62. The zero-order valence-electron chi connectivity index (χ0n) is 17.7. The van der Waals surface area contributed by atoms with Crippen molar-refractivity contribution >= 4 is 27.4 Å². The molecule has 8 heteroatoms.